The van der Waals surface area contributed by atoms with Gasteiger partial charge in [-0.1, -0.05) is 0 Å². The van der Waals surface area contributed by atoms with E-state index < -0.39 is 6.10 Å². The number of anilines is 1. The van der Waals surface area contributed by atoms with Crippen LogP contribution < -0.4 is 4.90 Å². The van der Waals surface area contributed by atoms with Crippen LogP contribution >= 0.6 is 0 Å². The van der Waals surface area contributed by atoms with Crippen LogP contribution in [0.1, 0.15) is 5.69 Å². The molecular formula is C16H21N5O3. The third-order valence-electron chi connectivity index (χ3n) is 4.46. The van der Waals surface area contributed by atoms with Gasteiger partial charge in [-0.15, -0.1) is 0 Å². The molecule has 0 saturated carbocycles. The van der Waals surface area contributed by atoms with Gasteiger partial charge in [-0.3, -0.25) is 4.79 Å². The third kappa shape index (κ3) is 2.83. The van der Waals surface area contributed by atoms with Gasteiger partial charge >= 0.3 is 0 Å². The molecular weight excluding hydrogens is 310 g/mol. The zero-order valence-corrected chi connectivity index (χ0v) is 13.7. The Bertz CT molecular complexity index is 740. The van der Waals surface area contributed by atoms with E-state index in [0.29, 0.717) is 39.5 Å². The molecule has 128 valence electrons. The molecule has 8 nitrogen and oxygen atoms in total. The second-order valence-electron chi connectivity index (χ2n) is 6.10. The van der Waals surface area contributed by atoms with Crippen molar-refractivity contribution in [2.24, 2.45) is 0 Å². The molecule has 1 unspecified atom stereocenters. The predicted octanol–water partition coefficient (Wildman–Crippen LogP) is 0.102. The number of aryl methyl sites for hydroxylation is 1. The molecule has 4 rings (SSSR count). The minimum absolute atomic E-state index is 0.0467. The number of carbonyl (C=O) groups is 1. The van der Waals surface area contributed by atoms with Crippen LogP contribution in [0.3, 0.4) is 0 Å². The topological polar surface area (TPSA) is 72.2 Å². The van der Waals surface area contributed by atoms with Gasteiger partial charge in [0.25, 0.3) is 5.91 Å². The van der Waals surface area contributed by atoms with Gasteiger partial charge in [-0.2, -0.15) is 9.61 Å². The second-order valence-corrected chi connectivity index (χ2v) is 6.10. The van der Waals surface area contributed by atoms with Gasteiger partial charge in [-0.05, 0) is 6.92 Å². The Morgan fingerprint density at radius 1 is 1.25 bits per heavy atom. The molecule has 24 heavy (non-hydrogen) atoms. The lowest BCUT2D eigenvalue weighted by Crippen LogP contribution is -2.53. The molecule has 1 amide bonds. The number of nitrogens with zero attached hydrogens (tertiary/aromatic N) is 5. The molecule has 0 spiro atoms. The van der Waals surface area contributed by atoms with Crippen LogP contribution in [0, 0.1) is 6.92 Å². The first-order valence-corrected chi connectivity index (χ1v) is 8.27. The Hall–Kier alpha value is -2.19. The van der Waals surface area contributed by atoms with Crippen LogP contribution in [0.15, 0.2) is 18.3 Å². The molecule has 0 aromatic carbocycles. The van der Waals surface area contributed by atoms with E-state index >= 15 is 0 Å². The predicted molar refractivity (Wildman–Crippen MR) is 87.1 cm³/mol. The van der Waals surface area contributed by atoms with Crippen molar-refractivity contribution in [1.29, 1.82) is 0 Å². The van der Waals surface area contributed by atoms with Crippen LogP contribution in [0.5, 0.6) is 0 Å². The zero-order valence-electron chi connectivity index (χ0n) is 13.7. The summed E-state index contributed by atoms with van der Waals surface area (Å²) in [6, 6.07) is 3.88. The summed E-state index contributed by atoms with van der Waals surface area (Å²) in [4.78, 5) is 21.2. The highest BCUT2D eigenvalue weighted by Gasteiger charge is 2.32. The summed E-state index contributed by atoms with van der Waals surface area (Å²) in [7, 11) is 0. The van der Waals surface area contributed by atoms with E-state index in [2.05, 4.69) is 15.0 Å². The molecule has 2 aromatic rings. The Balaban J connectivity index is 1.55. The van der Waals surface area contributed by atoms with Crippen LogP contribution in [0.25, 0.3) is 5.65 Å². The molecule has 2 saturated heterocycles. The summed E-state index contributed by atoms with van der Waals surface area (Å²) in [5.41, 5.74) is 1.74. The van der Waals surface area contributed by atoms with E-state index in [0.717, 1.165) is 23.7 Å². The highest BCUT2D eigenvalue weighted by molar-refractivity contribution is 5.82. The van der Waals surface area contributed by atoms with Crippen molar-refractivity contribution in [2.75, 3.05) is 50.9 Å². The molecule has 2 aliphatic rings. The maximum Gasteiger partial charge on any atom is 0.253 e. The Labute approximate surface area is 140 Å². The number of ether oxygens (including phenoxy) is 2. The van der Waals surface area contributed by atoms with Gasteiger partial charge in [0.15, 0.2) is 11.8 Å². The summed E-state index contributed by atoms with van der Waals surface area (Å²) in [5, 5.41) is 4.35. The van der Waals surface area contributed by atoms with E-state index in [9.17, 15) is 4.79 Å². The van der Waals surface area contributed by atoms with Crippen LogP contribution in [-0.4, -0.2) is 77.5 Å². The van der Waals surface area contributed by atoms with E-state index in [-0.39, 0.29) is 5.91 Å². The molecule has 0 bridgehead atoms. The quantitative estimate of drug-likeness (QED) is 0.777. The molecule has 0 aliphatic carbocycles. The monoisotopic (exact) mass is 331 g/mol. The van der Waals surface area contributed by atoms with Gasteiger partial charge in [-0.25, -0.2) is 4.98 Å². The maximum atomic E-state index is 12.7. The largest absolute Gasteiger partial charge is 0.378 e. The van der Waals surface area contributed by atoms with Crippen molar-refractivity contribution < 1.29 is 14.3 Å². The summed E-state index contributed by atoms with van der Waals surface area (Å²) in [6.45, 7) is 6.20. The number of morpholine rings is 2. The fraction of sp³-hybridized carbons (Fsp3) is 0.562. The van der Waals surface area contributed by atoms with Crippen molar-refractivity contribution in [3.63, 3.8) is 0 Å². The summed E-state index contributed by atoms with van der Waals surface area (Å²) >= 11 is 0. The van der Waals surface area contributed by atoms with Crippen LogP contribution in [-0.2, 0) is 14.3 Å². The maximum absolute atomic E-state index is 12.7. The van der Waals surface area contributed by atoms with Crippen molar-refractivity contribution in [2.45, 2.75) is 13.0 Å². The Morgan fingerprint density at radius 2 is 2.08 bits per heavy atom. The fourth-order valence-corrected chi connectivity index (χ4v) is 3.24. The summed E-state index contributed by atoms with van der Waals surface area (Å²) in [6.07, 6.45) is 1.29. The van der Waals surface area contributed by atoms with Gasteiger partial charge in [0.2, 0.25) is 0 Å². The van der Waals surface area contributed by atoms with Crippen molar-refractivity contribution in [3.05, 3.63) is 24.0 Å². The number of hydrogen-bond acceptors (Lipinski definition) is 6. The molecule has 2 aromatic heterocycles. The standard InChI is InChI=1S/C16H21N5O3/c1-12-10-15(21-14(18-12)2-3-17-21)20-6-9-24-13(11-20)16(22)19-4-7-23-8-5-19/h2-3,10,13H,4-9,11H2,1H3. The molecule has 2 aliphatic heterocycles. The highest BCUT2D eigenvalue weighted by atomic mass is 16.5. The lowest BCUT2D eigenvalue weighted by atomic mass is 10.2. The van der Waals surface area contributed by atoms with Gasteiger partial charge in [0.05, 0.1) is 32.6 Å². The molecule has 0 radical (unpaired) electrons. The smallest absolute Gasteiger partial charge is 0.253 e. The number of amides is 1. The van der Waals surface area contributed by atoms with E-state index in [4.69, 9.17) is 9.47 Å². The molecule has 0 N–H and O–H groups in total. The minimum atomic E-state index is -0.448. The number of aromatic nitrogens is 3. The van der Waals surface area contributed by atoms with E-state index in [1.54, 1.807) is 6.20 Å². The van der Waals surface area contributed by atoms with Crippen LogP contribution in [0.4, 0.5) is 5.82 Å². The van der Waals surface area contributed by atoms with Gasteiger partial charge in [0.1, 0.15) is 5.82 Å². The normalized spacial score (nSPS) is 22.1. The number of hydrogen-bond donors (Lipinski definition) is 0. The SMILES string of the molecule is Cc1cc(N2CCOC(C(=O)N3CCOCC3)C2)n2nccc2n1. The first kappa shape index (κ1) is 15.3. The lowest BCUT2D eigenvalue weighted by molar-refractivity contribution is -0.148. The fourth-order valence-electron chi connectivity index (χ4n) is 3.24. The average molecular weight is 331 g/mol. The summed E-state index contributed by atoms with van der Waals surface area (Å²) < 4.78 is 12.9. The summed E-state index contributed by atoms with van der Waals surface area (Å²) in [5.74, 6) is 0.996. The minimum Gasteiger partial charge on any atom is -0.378 e. The van der Waals surface area contributed by atoms with Gasteiger partial charge < -0.3 is 19.3 Å². The molecule has 1 atom stereocenters. The van der Waals surface area contributed by atoms with Crippen molar-refractivity contribution >= 4 is 17.4 Å². The van der Waals surface area contributed by atoms with Crippen LogP contribution in [0.2, 0.25) is 0 Å². The Morgan fingerprint density at radius 3 is 2.92 bits per heavy atom. The van der Waals surface area contributed by atoms with Crippen molar-refractivity contribution in [3.8, 4) is 0 Å². The first-order valence-electron chi connectivity index (χ1n) is 8.27. The molecule has 2 fully saturated rings. The average Bonchev–Trinajstić information content (AvgIpc) is 3.09. The number of fused-ring (bicyclic) bond motifs is 1. The van der Waals surface area contributed by atoms with Gasteiger partial charge in [0, 0.05) is 37.5 Å². The zero-order chi connectivity index (χ0) is 16.5. The number of rotatable bonds is 2. The van der Waals surface area contributed by atoms with E-state index in [1.807, 2.05) is 28.5 Å². The number of carbonyl (C=O) groups excluding carboxylic acids is 1. The first-order chi connectivity index (χ1) is 11.7. The lowest BCUT2D eigenvalue weighted by Gasteiger charge is -2.37. The molecule has 8 heteroatoms. The molecule has 4 heterocycles. The van der Waals surface area contributed by atoms with Crippen molar-refractivity contribution in [1.82, 2.24) is 19.5 Å². The Kier molecular flexibility index (Phi) is 4.07. The second kappa shape index (κ2) is 6.37. The third-order valence-corrected chi connectivity index (χ3v) is 4.46. The highest BCUT2D eigenvalue weighted by Crippen LogP contribution is 2.20. The van der Waals surface area contributed by atoms with E-state index in [1.165, 1.54) is 0 Å².